The Morgan fingerprint density at radius 2 is 1.59 bits per heavy atom. The third kappa shape index (κ3) is 5.35. The van der Waals surface area contributed by atoms with Gasteiger partial charge in [0.05, 0.1) is 23.4 Å². The summed E-state index contributed by atoms with van der Waals surface area (Å²) in [6.45, 7) is 7.71. The lowest BCUT2D eigenvalue weighted by Gasteiger charge is -2.32. The molecule has 0 radical (unpaired) electrons. The molecule has 0 bridgehead atoms. The molecule has 29 heavy (non-hydrogen) atoms. The van der Waals surface area contributed by atoms with Gasteiger partial charge in [0.15, 0.2) is 0 Å². The molecule has 0 spiro atoms. The van der Waals surface area contributed by atoms with E-state index in [0.717, 1.165) is 13.1 Å². The van der Waals surface area contributed by atoms with Crippen LogP contribution in [0.25, 0.3) is 0 Å². The predicted octanol–water partition coefficient (Wildman–Crippen LogP) is 3.36. The largest absolute Gasteiger partial charge is 0.492 e. The minimum absolute atomic E-state index is 0.0571. The van der Waals surface area contributed by atoms with Crippen LogP contribution in [0, 0.1) is 5.92 Å². The topological polar surface area (TPSA) is 61.9 Å². The molecule has 2 aromatic rings. The average molecular weight is 396 g/mol. The second kappa shape index (κ2) is 9.56. The summed E-state index contributed by atoms with van der Waals surface area (Å²) in [7, 11) is 2.05. The first-order valence-corrected chi connectivity index (χ1v) is 10.1. The van der Waals surface area contributed by atoms with E-state index >= 15 is 0 Å². The van der Waals surface area contributed by atoms with Gasteiger partial charge in [-0.15, -0.1) is 0 Å². The Morgan fingerprint density at radius 1 is 0.966 bits per heavy atom. The number of nitrogens with zero attached hydrogens (tertiary/aromatic N) is 2. The molecule has 3 rings (SSSR count). The molecule has 1 fully saturated rings. The normalized spacial score (nSPS) is 14.7. The van der Waals surface area contributed by atoms with E-state index in [1.165, 1.54) is 0 Å². The van der Waals surface area contributed by atoms with Crippen molar-refractivity contribution in [1.82, 2.24) is 9.80 Å². The number of anilines is 1. The van der Waals surface area contributed by atoms with Crippen molar-refractivity contribution in [3.05, 3.63) is 59.7 Å². The molecule has 1 aliphatic heterocycles. The first-order valence-electron chi connectivity index (χ1n) is 10.1. The highest BCUT2D eigenvalue weighted by Crippen LogP contribution is 2.23. The van der Waals surface area contributed by atoms with Gasteiger partial charge in [-0.05, 0) is 37.2 Å². The highest BCUT2D eigenvalue weighted by molar-refractivity contribution is 6.10. The third-order valence-corrected chi connectivity index (χ3v) is 4.90. The molecule has 154 valence electrons. The van der Waals surface area contributed by atoms with Gasteiger partial charge in [0.1, 0.15) is 5.75 Å². The van der Waals surface area contributed by atoms with Crippen LogP contribution in [0.5, 0.6) is 5.75 Å². The van der Waals surface area contributed by atoms with Gasteiger partial charge in [0.25, 0.3) is 11.8 Å². The van der Waals surface area contributed by atoms with Gasteiger partial charge in [0, 0.05) is 26.2 Å². The zero-order chi connectivity index (χ0) is 20.8. The van der Waals surface area contributed by atoms with Crippen molar-refractivity contribution in [3.8, 4) is 5.75 Å². The quantitative estimate of drug-likeness (QED) is 0.815. The number of benzene rings is 2. The lowest BCUT2D eigenvalue weighted by molar-refractivity contribution is 0.0665. The van der Waals surface area contributed by atoms with Crippen LogP contribution < -0.4 is 10.1 Å². The Balaban J connectivity index is 1.78. The van der Waals surface area contributed by atoms with Gasteiger partial charge < -0.3 is 19.9 Å². The Labute approximate surface area is 172 Å². The Kier molecular flexibility index (Phi) is 6.88. The summed E-state index contributed by atoms with van der Waals surface area (Å²) < 4.78 is 5.80. The second-order valence-corrected chi connectivity index (χ2v) is 7.80. The van der Waals surface area contributed by atoms with E-state index in [1.807, 2.05) is 23.1 Å². The number of carbonyl (C=O) groups is 2. The maximum atomic E-state index is 13.0. The van der Waals surface area contributed by atoms with E-state index in [0.29, 0.717) is 48.2 Å². The Hall–Kier alpha value is -2.86. The molecule has 0 unspecified atom stereocenters. The monoisotopic (exact) mass is 395 g/mol. The second-order valence-electron chi connectivity index (χ2n) is 7.80. The van der Waals surface area contributed by atoms with E-state index in [2.05, 4.69) is 31.1 Å². The molecule has 0 aromatic heterocycles. The molecule has 2 aromatic carbocycles. The average Bonchev–Trinajstić information content (AvgIpc) is 2.73. The van der Waals surface area contributed by atoms with E-state index in [4.69, 9.17) is 4.74 Å². The van der Waals surface area contributed by atoms with Gasteiger partial charge in [-0.2, -0.15) is 0 Å². The van der Waals surface area contributed by atoms with Gasteiger partial charge in [0.2, 0.25) is 0 Å². The third-order valence-electron chi connectivity index (χ3n) is 4.90. The molecule has 0 saturated carbocycles. The van der Waals surface area contributed by atoms with Crippen molar-refractivity contribution in [2.45, 2.75) is 13.8 Å². The summed E-state index contributed by atoms with van der Waals surface area (Å²) in [5.41, 5.74) is 1.47. The highest BCUT2D eigenvalue weighted by atomic mass is 16.5. The molecular weight excluding hydrogens is 366 g/mol. The molecule has 1 heterocycles. The van der Waals surface area contributed by atoms with E-state index < -0.39 is 0 Å². The fraction of sp³-hybridized carbons (Fsp3) is 0.391. The van der Waals surface area contributed by atoms with Crippen LogP contribution in [0.4, 0.5) is 5.69 Å². The van der Waals surface area contributed by atoms with Crippen molar-refractivity contribution in [2.24, 2.45) is 5.92 Å². The molecule has 2 amide bonds. The smallest absolute Gasteiger partial charge is 0.259 e. The molecule has 0 atom stereocenters. The highest BCUT2D eigenvalue weighted by Gasteiger charge is 2.23. The summed E-state index contributed by atoms with van der Waals surface area (Å²) in [5, 5.41) is 2.91. The number of ether oxygens (including phenoxy) is 1. The number of hydrogen-bond donors (Lipinski definition) is 1. The fourth-order valence-corrected chi connectivity index (χ4v) is 3.18. The summed E-state index contributed by atoms with van der Waals surface area (Å²) in [6, 6.07) is 14.3. The van der Waals surface area contributed by atoms with Crippen molar-refractivity contribution < 1.29 is 14.3 Å². The minimum Gasteiger partial charge on any atom is -0.492 e. The standard InChI is InChI=1S/C23H29N3O3/c1-17(2)16-29-21-11-7-5-9-19(21)22(27)24-20-10-6-4-8-18(20)23(28)26-14-12-25(3)13-15-26/h4-11,17H,12-16H2,1-3H3,(H,24,27). The summed E-state index contributed by atoms with van der Waals surface area (Å²) in [4.78, 5) is 30.0. The number of carbonyl (C=O) groups excluding carboxylic acids is 2. The number of piperazine rings is 1. The molecule has 1 aliphatic rings. The number of amides is 2. The number of rotatable bonds is 6. The summed E-state index contributed by atoms with van der Waals surface area (Å²) in [6.07, 6.45) is 0. The molecule has 0 aliphatic carbocycles. The maximum absolute atomic E-state index is 13.0. The van der Waals surface area contributed by atoms with Gasteiger partial charge in [-0.25, -0.2) is 0 Å². The van der Waals surface area contributed by atoms with Crippen molar-refractivity contribution in [3.63, 3.8) is 0 Å². The van der Waals surface area contributed by atoms with Gasteiger partial charge >= 0.3 is 0 Å². The number of para-hydroxylation sites is 2. The molecular formula is C23H29N3O3. The summed E-state index contributed by atoms with van der Waals surface area (Å²) >= 11 is 0. The maximum Gasteiger partial charge on any atom is 0.259 e. The van der Waals surface area contributed by atoms with Crippen LogP contribution in [0.2, 0.25) is 0 Å². The lowest BCUT2D eigenvalue weighted by atomic mass is 10.1. The zero-order valence-electron chi connectivity index (χ0n) is 17.4. The van der Waals surface area contributed by atoms with Crippen molar-refractivity contribution >= 4 is 17.5 Å². The lowest BCUT2D eigenvalue weighted by Crippen LogP contribution is -2.47. The van der Waals surface area contributed by atoms with Crippen molar-refractivity contribution in [2.75, 3.05) is 45.2 Å². The van der Waals surface area contributed by atoms with Crippen LogP contribution in [0.15, 0.2) is 48.5 Å². The first-order chi connectivity index (χ1) is 14.0. The Morgan fingerprint density at radius 3 is 2.28 bits per heavy atom. The van der Waals surface area contributed by atoms with Gasteiger partial charge in [-0.1, -0.05) is 38.1 Å². The van der Waals surface area contributed by atoms with Crippen LogP contribution in [0.1, 0.15) is 34.6 Å². The predicted molar refractivity (Wildman–Crippen MR) is 115 cm³/mol. The zero-order valence-corrected chi connectivity index (χ0v) is 17.4. The van der Waals surface area contributed by atoms with E-state index in [1.54, 1.807) is 30.3 Å². The van der Waals surface area contributed by atoms with Crippen LogP contribution in [-0.2, 0) is 0 Å². The van der Waals surface area contributed by atoms with Gasteiger partial charge in [-0.3, -0.25) is 9.59 Å². The molecule has 1 N–H and O–H groups in total. The van der Waals surface area contributed by atoms with Crippen molar-refractivity contribution in [1.29, 1.82) is 0 Å². The van der Waals surface area contributed by atoms with E-state index in [9.17, 15) is 9.59 Å². The van der Waals surface area contributed by atoms with E-state index in [-0.39, 0.29) is 11.8 Å². The Bertz CT molecular complexity index is 858. The number of likely N-dealkylation sites (N-methyl/N-ethyl adjacent to an activating group) is 1. The van der Waals surface area contributed by atoms with Crippen LogP contribution in [-0.4, -0.2) is 61.4 Å². The number of nitrogens with one attached hydrogen (secondary N) is 1. The summed E-state index contributed by atoms with van der Waals surface area (Å²) in [5.74, 6) is 0.552. The fourth-order valence-electron chi connectivity index (χ4n) is 3.18. The van der Waals surface area contributed by atoms with Crippen LogP contribution >= 0.6 is 0 Å². The molecule has 6 nitrogen and oxygen atoms in total. The first kappa shape index (κ1) is 20.9. The minimum atomic E-state index is -0.289. The number of hydrogen-bond acceptors (Lipinski definition) is 4. The SMILES string of the molecule is CC(C)COc1ccccc1C(=O)Nc1ccccc1C(=O)N1CCN(C)CC1. The van der Waals surface area contributed by atoms with Crippen LogP contribution in [0.3, 0.4) is 0 Å². The molecule has 1 saturated heterocycles. The molecule has 6 heteroatoms.